The van der Waals surface area contributed by atoms with E-state index in [1.807, 2.05) is 13.0 Å². The second-order valence-corrected chi connectivity index (χ2v) is 3.96. The molecule has 3 nitrogen and oxygen atoms in total. The Labute approximate surface area is 95.9 Å². The first-order valence-electron chi connectivity index (χ1n) is 5.26. The van der Waals surface area contributed by atoms with E-state index in [1.165, 1.54) is 22.2 Å². The highest BCUT2D eigenvalue weighted by atomic mass is 14.7. The first-order valence-corrected chi connectivity index (χ1v) is 5.26. The maximum absolute atomic E-state index is 6.50. The monoisotopic (exact) mass is 215 g/mol. The number of H-pyrrole nitrogens is 1. The lowest BCUT2D eigenvalue weighted by Gasteiger charge is -2.04. The van der Waals surface area contributed by atoms with Crippen LogP contribution in [-0.4, -0.2) is 11.0 Å². The van der Waals surface area contributed by atoms with Gasteiger partial charge in [0.05, 0.1) is 0 Å². The van der Waals surface area contributed by atoms with Crippen LogP contribution in [0, 0.1) is 18.8 Å². The molecule has 0 saturated carbocycles. The summed E-state index contributed by atoms with van der Waals surface area (Å²) in [7, 11) is 0. The van der Waals surface area contributed by atoms with Gasteiger partial charge in [-0.25, -0.2) is 5.26 Å². The number of aromatic nitrogens is 1. The maximum Gasteiger partial charge on any atom is 0.0462 e. The number of hydrogen-bond donors (Lipinski definition) is 2. The third kappa shape index (κ3) is 2.41. The molecule has 84 valence electrons. The number of nitrogens with zero attached hydrogens (tertiary/aromatic N) is 1. The highest BCUT2D eigenvalue weighted by Crippen LogP contribution is 2.22. The molecule has 1 aromatic carbocycles. The van der Waals surface area contributed by atoms with Crippen LogP contribution in [0.25, 0.3) is 10.9 Å². The minimum atomic E-state index is 0.216. The van der Waals surface area contributed by atoms with Gasteiger partial charge in [0.1, 0.15) is 0 Å². The zero-order chi connectivity index (χ0) is 12.1. The number of rotatable bonds is 2. The van der Waals surface area contributed by atoms with Crippen molar-refractivity contribution in [3.63, 3.8) is 0 Å². The molecule has 1 aromatic heterocycles. The predicted octanol–water partition coefficient (Wildman–Crippen LogP) is 2.51. The van der Waals surface area contributed by atoms with Gasteiger partial charge in [0.25, 0.3) is 0 Å². The first-order chi connectivity index (χ1) is 7.68. The molecule has 16 heavy (non-hydrogen) atoms. The molecule has 0 radical (unpaired) electrons. The molecule has 0 aliphatic carbocycles. The molecule has 0 spiro atoms. The van der Waals surface area contributed by atoms with Crippen molar-refractivity contribution < 1.29 is 0 Å². The van der Waals surface area contributed by atoms with Crippen molar-refractivity contribution in [2.24, 2.45) is 5.73 Å². The Morgan fingerprint density at radius 2 is 2.00 bits per heavy atom. The Balaban J connectivity index is 0.000000606. The Kier molecular flexibility index (Phi) is 4.10. The molecule has 0 fully saturated rings. The lowest BCUT2D eigenvalue weighted by atomic mass is 10.0. The van der Waals surface area contributed by atoms with E-state index in [-0.39, 0.29) is 6.04 Å². The van der Waals surface area contributed by atoms with Crippen molar-refractivity contribution in [3.05, 3.63) is 35.5 Å². The summed E-state index contributed by atoms with van der Waals surface area (Å²) < 4.78 is 0. The van der Waals surface area contributed by atoms with Crippen LogP contribution < -0.4 is 5.73 Å². The van der Waals surface area contributed by atoms with Gasteiger partial charge >= 0.3 is 0 Å². The van der Waals surface area contributed by atoms with Gasteiger partial charge in [0.15, 0.2) is 0 Å². The average Bonchev–Trinajstić information content (AvgIpc) is 2.58. The van der Waals surface area contributed by atoms with E-state index in [2.05, 4.69) is 36.7 Å². The van der Waals surface area contributed by atoms with Gasteiger partial charge in [-0.3, -0.25) is 0 Å². The molecule has 0 aliphatic heterocycles. The third-order valence-electron chi connectivity index (χ3n) is 2.55. The van der Waals surface area contributed by atoms with Crippen LogP contribution in [0.15, 0.2) is 24.3 Å². The van der Waals surface area contributed by atoms with Gasteiger partial charge in [0.2, 0.25) is 0 Å². The number of benzene rings is 1. The smallest absolute Gasteiger partial charge is 0.0462 e. The third-order valence-corrected chi connectivity index (χ3v) is 2.55. The Bertz CT molecular complexity index is 480. The molecule has 0 amide bonds. The number of nitriles is 1. The Morgan fingerprint density at radius 1 is 1.38 bits per heavy atom. The van der Waals surface area contributed by atoms with Crippen LogP contribution in [0.3, 0.4) is 0 Å². The number of para-hydroxylation sites is 1. The zero-order valence-electron chi connectivity index (χ0n) is 9.70. The SMILES string of the molecule is C#N.Cc1[nH]c2ccccc2c1CC(C)N. The molecular weight excluding hydrogens is 198 g/mol. The minimum absolute atomic E-state index is 0.216. The zero-order valence-corrected chi connectivity index (χ0v) is 9.70. The molecule has 2 rings (SSSR count). The lowest BCUT2D eigenvalue weighted by Crippen LogP contribution is -2.18. The number of nitrogens with one attached hydrogen (secondary N) is 1. The number of aryl methyl sites for hydroxylation is 1. The minimum Gasteiger partial charge on any atom is -0.358 e. The average molecular weight is 215 g/mol. The second-order valence-electron chi connectivity index (χ2n) is 3.96. The van der Waals surface area contributed by atoms with Gasteiger partial charge < -0.3 is 10.7 Å². The van der Waals surface area contributed by atoms with Crippen LogP contribution >= 0.6 is 0 Å². The summed E-state index contributed by atoms with van der Waals surface area (Å²) in [5.41, 5.74) is 9.63. The van der Waals surface area contributed by atoms with Crippen molar-refractivity contribution in [3.8, 4) is 6.57 Å². The second kappa shape index (κ2) is 5.34. The number of aromatic amines is 1. The Hall–Kier alpha value is -1.79. The van der Waals surface area contributed by atoms with Crippen molar-refractivity contribution in [1.29, 1.82) is 5.26 Å². The largest absolute Gasteiger partial charge is 0.358 e. The summed E-state index contributed by atoms with van der Waals surface area (Å²) in [6.07, 6.45) is 0.940. The van der Waals surface area contributed by atoms with Gasteiger partial charge in [-0.1, -0.05) is 18.2 Å². The maximum atomic E-state index is 6.50. The van der Waals surface area contributed by atoms with E-state index < -0.39 is 0 Å². The van der Waals surface area contributed by atoms with Crippen LogP contribution in [0.2, 0.25) is 0 Å². The van der Waals surface area contributed by atoms with Crippen LogP contribution in [0.4, 0.5) is 0 Å². The molecule has 1 atom stereocenters. The summed E-state index contributed by atoms with van der Waals surface area (Å²) in [5, 5.41) is 7.81. The highest BCUT2D eigenvalue weighted by Gasteiger charge is 2.08. The fraction of sp³-hybridized carbons (Fsp3) is 0.308. The quantitative estimate of drug-likeness (QED) is 0.808. The van der Waals surface area contributed by atoms with Crippen LogP contribution in [0.1, 0.15) is 18.2 Å². The van der Waals surface area contributed by atoms with E-state index in [9.17, 15) is 0 Å². The van der Waals surface area contributed by atoms with E-state index in [0.717, 1.165) is 6.42 Å². The molecule has 3 heteroatoms. The van der Waals surface area contributed by atoms with Crippen molar-refractivity contribution >= 4 is 10.9 Å². The van der Waals surface area contributed by atoms with E-state index in [0.29, 0.717) is 0 Å². The normalized spacial score (nSPS) is 11.8. The van der Waals surface area contributed by atoms with E-state index >= 15 is 0 Å². The first kappa shape index (κ1) is 12.3. The van der Waals surface area contributed by atoms with E-state index in [1.54, 1.807) is 0 Å². The highest BCUT2D eigenvalue weighted by molar-refractivity contribution is 5.84. The molecule has 0 aliphatic rings. The summed E-state index contributed by atoms with van der Waals surface area (Å²) in [5.74, 6) is 0. The summed E-state index contributed by atoms with van der Waals surface area (Å²) >= 11 is 0. The standard InChI is InChI=1S/C12H16N2.CHN/c1-8(13)7-11-9(2)14-12-6-4-3-5-10(11)12;1-2/h3-6,8,14H,7,13H2,1-2H3;1H. The number of hydrogen-bond acceptors (Lipinski definition) is 2. The van der Waals surface area contributed by atoms with Crippen molar-refractivity contribution in [2.75, 3.05) is 0 Å². The van der Waals surface area contributed by atoms with Gasteiger partial charge in [-0.2, -0.15) is 0 Å². The Morgan fingerprint density at radius 3 is 2.62 bits per heavy atom. The van der Waals surface area contributed by atoms with Crippen LogP contribution in [-0.2, 0) is 6.42 Å². The van der Waals surface area contributed by atoms with Crippen molar-refractivity contribution in [1.82, 2.24) is 4.98 Å². The number of fused-ring (bicyclic) bond motifs is 1. The fourth-order valence-electron chi connectivity index (χ4n) is 1.92. The fourth-order valence-corrected chi connectivity index (χ4v) is 1.92. The molecule has 1 heterocycles. The van der Waals surface area contributed by atoms with Gasteiger partial charge in [0, 0.05) is 29.2 Å². The lowest BCUT2D eigenvalue weighted by molar-refractivity contribution is 0.738. The molecule has 2 aromatic rings. The van der Waals surface area contributed by atoms with Crippen LogP contribution in [0.5, 0.6) is 0 Å². The summed E-state index contributed by atoms with van der Waals surface area (Å²) in [4.78, 5) is 3.38. The predicted molar refractivity (Wildman–Crippen MR) is 67.1 cm³/mol. The van der Waals surface area contributed by atoms with Gasteiger partial charge in [-0.15, -0.1) is 0 Å². The molecule has 3 N–H and O–H groups in total. The molecule has 1 unspecified atom stereocenters. The summed E-state index contributed by atoms with van der Waals surface area (Å²) in [6.45, 7) is 7.65. The topological polar surface area (TPSA) is 65.6 Å². The molecule has 0 saturated heterocycles. The molecule has 0 bridgehead atoms. The van der Waals surface area contributed by atoms with Crippen molar-refractivity contribution in [2.45, 2.75) is 26.3 Å². The number of nitrogens with two attached hydrogens (primary N) is 1. The van der Waals surface area contributed by atoms with E-state index in [4.69, 9.17) is 11.0 Å². The molecular formula is C13H17N3. The van der Waals surface area contributed by atoms with Gasteiger partial charge in [-0.05, 0) is 31.9 Å². The summed E-state index contributed by atoms with van der Waals surface area (Å²) in [6, 6.07) is 8.59.